The van der Waals surface area contributed by atoms with E-state index in [0.717, 1.165) is 10.2 Å². The number of nitrogens with zero attached hydrogens (tertiary/aromatic N) is 1. The quantitative estimate of drug-likeness (QED) is 0.543. The first-order valence-corrected chi connectivity index (χ1v) is 4.31. The number of pyridine rings is 1. The molecule has 10 heavy (non-hydrogen) atoms. The van der Waals surface area contributed by atoms with E-state index >= 15 is 0 Å². The summed E-state index contributed by atoms with van der Waals surface area (Å²) in [5.41, 5.74) is 0.839. The fraction of sp³-hybridized carbons (Fsp3) is 0.167. The van der Waals surface area contributed by atoms with Crippen LogP contribution in [0.5, 0.6) is 0 Å². The second-order valence-corrected chi connectivity index (χ2v) is 3.12. The molecule has 0 bridgehead atoms. The third-order valence-corrected chi connectivity index (χ3v) is 2.38. The van der Waals surface area contributed by atoms with Gasteiger partial charge in [0.1, 0.15) is 4.60 Å². The van der Waals surface area contributed by atoms with Crippen molar-refractivity contribution in [2.24, 2.45) is 0 Å². The first-order chi connectivity index (χ1) is 4.75. The van der Waals surface area contributed by atoms with Crippen LogP contribution < -0.4 is 0 Å². The van der Waals surface area contributed by atoms with Crippen LogP contribution in [0.25, 0.3) is 0 Å². The van der Waals surface area contributed by atoms with Crippen LogP contribution in [0, 0.1) is 0 Å². The van der Waals surface area contributed by atoms with E-state index in [2.05, 4.69) is 20.9 Å². The molecule has 1 aromatic heterocycles. The summed E-state index contributed by atoms with van der Waals surface area (Å²) in [5, 5.41) is 0.650. The van der Waals surface area contributed by atoms with Crippen molar-refractivity contribution in [3.63, 3.8) is 0 Å². The fourth-order valence-electron chi connectivity index (χ4n) is 0.564. The van der Waals surface area contributed by atoms with Crippen molar-refractivity contribution in [3.8, 4) is 0 Å². The predicted molar refractivity (Wildman–Crippen MR) is 46.5 cm³/mol. The van der Waals surface area contributed by atoms with E-state index in [4.69, 9.17) is 23.2 Å². The topological polar surface area (TPSA) is 12.9 Å². The van der Waals surface area contributed by atoms with Gasteiger partial charge in [-0.15, -0.1) is 11.6 Å². The Hall–Kier alpha value is 0.210. The van der Waals surface area contributed by atoms with Crippen LogP contribution in [0.3, 0.4) is 0 Å². The largest absolute Gasteiger partial charge is 0.249 e. The molecule has 0 aliphatic carbocycles. The lowest BCUT2D eigenvalue weighted by Gasteiger charge is -1.99. The molecule has 1 nitrogen and oxygen atoms in total. The lowest BCUT2D eigenvalue weighted by Crippen LogP contribution is -1.84. The molecule has 0 atom stereocenters. The average molecular weight is 241 g/mol. The lowest BCUT2D eigenvalue weighted by molar-refractivity contribution is 1.20. The summed E-state index contributed by atoms with van der Waals surface area (Å²) in [6.45, 7) is 0. The summed E-state index contributed by atoms with van der Waals surface area (Å²) in [5.74, 6) is 0.382. The molecule has 0 amide bonds. The van der Waals surface area contributed by atoms with Gasteiger partial charge in [-0.1, -0.05) is 11.6 Å². The Bertz CT molecular complexity index is 219. The van der Waals surface area contributed by atoms with Crippen molar-refractivity contribution >= 4 is 39.1 Å². The maximum atomic E-state index is 5.78. The molecule has 1 rings (SSSR count). The molecule has 1 heterocycles. The fourth-order valence-corrected chi connectivity index (χ4v) is 1.86. The van der Waals surface area contributed by atoms with Crippen molar-refractivity contribution in [2.75, 3.05) is 0 Å². The molecule has 54 valence electrons. The molecular formula is C6H4BrCl2N. The summed E-state index contributed by atoms with van der Waals surface area (Å²) >= 11 is 14.6. The second kappa shape index (κ2) is 3.56. The van der Waals surface area contributed by atoms with Crippen LogP contribution in [0.2, 0.25) is 5.02 Å². The molecular weight excluding hydrogens is 237 g/mol. The van der Waals surface area contributed by atoms with E-state index in [0.29, 0.717) is 10.9 Å². The summed E-state index contributed by atoms with van der Waals surface area (Å²) in [6, 6.07) is 1.71. The average Bonchev–Trinajstić information content (AvgIpc) is 1.88. The first-order valence-electron chi connectivity index (χ1n) is 2.60. The summed E-state index contributed by atoms with van der Waals surface area (Å²) in [4.78, 5) is 3.96. The van der Waals surface area contributed by atoms with E-state index in [-0.39, 0.29) is 0 Å². The molecule has 0 fully saturated rings. The molecule has 0 spiro atoms. The predicted octanol–water partition coefficient (Wildman–Crippen LogP) is 3.24. The molecule has 0 N–H and O–H groups in total. The molecule has 0 aliphatic rings. The van der Waals surface area contributed by atoms with E-state index in [1.807, 2.05) is 0 Å². The van der Waals surface area contributed by atoms with Gasteiger partial charge in [-0.2, -0.15) is 0 Å². The normalized spacial score (nSPS) is 9.90. The monoisotopic (exact) mass is 239 g/mol. The van der Waals surface area contributed by atoms with Gasteiger partial charge in [0.25, 0.3) is 0 Å². The number of halogens is 3. The van der Waals surface area contributed by atoms with Gasteiger partial charge in [0.2, 0.25) is 0 Å². The minimum Gasteiger partial charge on any atom is -0.249 e. The van der Waals surface area contributed by atoms with Gasteiger partial charge in [0, 0.05) is 16.8 Å². The molecule has 4 heteroatoms. The van der Waals surface area contributed by atoms with Crippen LogP contribution in [-0.2, 0) is 5.88 Å². The van der Waals surface area contributed by atoms with Crippen LogP contribution in [0.1, 0.15) is 5.56 Å². The maximum Gasteiger partial charge on any atom is 0.111 e. The minimum atomic E-state index is 0.382. The number of rotatable bonds is 1. The van der Waals surface area contributed by atoms with Gasteiger partial charge in [-0.25, -0.2) is 4.98 Å². The molecule has 0 aromatic carbocycles. The van der Waals surface area contributed by atoms with E-state index in [9.17, 15) is 0 Å². The Balaban J connectivity index is 3.17. The molecule has 1 aromatic rings. The van der Waals surface area contributed by atoms with Gasteiger partial charge in [-0.05, 0) is 22.0 Å². The van der Waals surface area contributed by atoms with Gasteiger partial charge in [0.05, 0.1) is 5.88 Å². The summed E-state index contributed by atoms with van der Waals surface area (Å²) in [6.07, 6.45) is 1.63. The lowest BCUT2D eigenvalue weighted by atomic mass is 10.3. The van der Waals surface area contributed by atoms with E-state index in [1.54, 1.807) is 12.3 Å². The van der Waals surface area contributed by atoms with Gasteiger partial charge < -0.3 is 0 Å². The minimum absolute atomic E-state index is 0.382. The highest BCUT2D eigenvalue weighted by Crippen LogP contribution is 2.23. The van der Waals surface area contributed by atoms with Crippen LogP contribution in [0.4, 0.5) is 0 Å². The van der Waals surface area contributed by atoms with Crippen molar-refractivity contribution in [2.45, 2.75) is 5.88 Å². The zero-order valence-corrected chi connectivity index (χ0v) is 8.04. The standard InChI is InChI=1S/C6H4BrCl2N/c7-6-4(3-8)5(9)1-2-10-6/h1-2H,3H2. The maximum absolute atomic E-state index is 5.78. The number of hydrogen-bond donors (Lipinski definition) is 0. The Kier molecular flexibility index (Phi) is 2.96. The Labute approximate surface area is 77.5 Å². The van der Waals surface area contributed by atoms with Crippen molar-refractivity contribution in [1.29, 1.82) is 0 Å². The molecule has 0 aliphatic heterocycles. The van der Waals surface area contributed by atoms with E-state index < -0.39 is 0 Å². The highest BCUT2D eigenvalue weighted by molar-refractivity contribution is 9.10. The van der Waals surface area contributed by atoms with Crippen LogP contribution in [-0.4, -0.2) is 4.98 Å². The first kappa shape index (κ1) is 8.31. The number of alkyl halides is 1. The van der Waals surface area contributed by atoms with Crippen molar-refractivity contribution in [1.82, 2.24) is 4.98 Å². The molecule has 0 saturated carbocycles. The molecule has 0 unspecified atom stereocenters. The number of hydrogen-bond acceptors (Lipinski definition) is 1. The van der Waals surface area contributed by atoms with Gasteiger partial charge in [0.15, 0.2) is 0 Å². The highest BCUT2D eigenvalue weighted by Gasteiger charge is 2.02. The summed E-state index contributed by atoms with van der Waals surface area (Å²) < 4.78 is 0.718. The third kappa shape index (κ3) is 1.62. The second-order valence-electron chi connectivity index (χ2n) is 1.70. The Morgan fingerprint density at radius 1 is 1.60 bits per heavy atom. The molecule has 0 saturated heterocycles. The molecule has 0 radical (unpaired) electrons. The van der Waals surface area contributed by atoms with Gasteiger partial charge in [-0.3, -0.25) is 0 Å². The third-order valence-electron chi connectivity index (χ3n) is 1.08. The zero-order valence-electron chi connectivity index (χ0n) is 4.94. The van der Waals surface area contributed by atoms with Crippen LogP contribution in [0.15, 0.2) is 16.9 Å². The van der Waals surface area contributed by atoms with Crippen LogP contribution >= 0.6 is 39.1 Å². The van der Waals surface area contributed by atoms with Crippen molar-refractivity contribution in [3.05, 3.63) is 27.5 Å². The highest BCUT2D eigenvalue weighted by atomic mass is 79.9. The summed E-state index contributed by atoms with van der Waals surface area (Å²) in [7, 11) is 0. The Morgan fingerprint density at radius 3 is 2.70 bits per heavy atom. The smallest absolute Gasteiger partial charge is 0.111 e. The van der Waals surface area contributed by atoms with E-state index in [1.165, 1.54) is 0 Å². The Morgan fingerprint density at radius 2 is 2.30 bits per heavy atom. The zero-order chi connectivity index (χ0) is 7.56. The number of aromatic nitrogens is 1. The van der Waals surface area contributed by atoms with Gasteiger partial charge >= 0.3 is 0 Å². The SMILES string of the molecule is ClCc1c(Cl)ccnc1Br. The van der Waals surface area contributed by atoms with Crippen molar-refractivity contribution < 1.29 is 0 Å².